The fraction of sp³-hybridized carbons (Fsp3) is 0.500. The number of nitrogens with two attached hydrogens (primary N) is 6. The molecule has 83 heavy (non-hydrogen) atoms. The number of hydrogen-bond donors (Lipinski definition) is 22. The molecule has 37 heteroatoms. The number of carbonyl (C=O) groups is 14. The van der Waals surface area contributed by atoms with E-state index < -0.39 is 201 Å². The molecule has 0 aliphatic carbocycles. The van der Waals surface area contributed by atoms with Gasteiger partial charge in [0.15, 0.2) is 5.96 Å². The van der Waals surface area contributed by atoms with Crippen molar-refractivity contribution >= 4 is 125 Å². The number of carboxylic acids is 1. The number of H-pyrrole nitrogens is 1. The van der Waals surface area contributed by atoms with Crippen LogP contribution in [-0.2, 0) is 73.5 Å². The number of rotatable bonds is 38. The predicted molar refractivity (Wildman–Crippen MR) is 297 cm³/mol. The van der Waals surface area contributed by atoms with E-state index in [0.29, 0.717) is 16.5 Å². The molecular weight excluding hydrogens is 1140 g/mol. The average molecular weight is 1210 g/mol. The van der Waals surface area contributed by atoms with E-state index in [4.69, 9.17) is 34.4 Å². The molecule has 1 aromatic carbocycles. The number of benzene rings is 1. The van der Waals surface area contributed by atoms with Crippen LogP contribution in [0.25, 0.3) is 10.9 Å². The maximum absolute atomic E-state index is 13.6. The molecule has 1 aromatic heterocycles. The quantitative estimate of drug-likeness (QED) is 0.0128. The van der Waals surface area contributed by atoms with Gasteiger partial charge in [0.05, 0.1) is 45.2 Å². The van der Waals surface area contributed by atoms with Gasteiger partial charge in [0.1, 0.15) is 48.3 Å². The molecule has 0 fully saturated rings. The lowest BCUT2D eigenvalue weighted by Crippen LogP contribution is -2.60. The van der Waals surface area contributed by atoms with Gasteiger partial charge in [0.2, 0.25) is 76.8 Å². The number of aliphatic hydroxyl groups is 2. The molecule has 458 valence electrons. The number of aliphatic hydroxyl groups excluding tert-OH is 2. The standard InChI is InChI=1S/C46H70N18O17S2/c47-22(11-33(49)68)37(72)58-24(6-3-9-53-46(51)52)39(74)63-31(19-83)44(79)62-29(17-66)42(77)59-25(7-8-32(48)67)38(73)56-14-35(70)55-15-36(71)57-28(16-65)41(76)64-30(18-82)43(78)60-26(40(75)61-27(45(80)81)12-34(50)69)10-20-13-54-23-5-2-1-4-21(20)23/h1-2,4-5,13,22,24-31,54,65-66,82-83H,3,6-12,14-19,47H2,(H2,48,67)(H2,49,68)(H2,50,69)(H,55,70)(H,56,73)(H,57,71)(H,58,72)(H,59,77)(H,60,78)(H,61,75)(H,62,79)(H,63,74)(H,64,76)(H,80,81)(H4,51,52,53)/t22-,24-,25-,26-,27-,28-,29-,30-,31-/m0/s1. The van der Waals surface area contributed by atoms with Gasteiger partial charge in [-0.2, -0.15) is 25.3 Å². The van der Waals surface area contributed by atoms with Gasteiger partial charge in [-0.05, 0) is 30.9 Å². The minimum Gasteiger partial charge on any atom is -0.480 e. The molecule has 9 atom stereocenters. The lowest BCUT2D eigenvalue weighted by atomic mass is 10.0. The number of thiol groups is 2. The average Bonchev–Trinajstić information content (AvgIpc) is 3.84. The van der Waals surface area contributed by atoms with Crippen molar-refractivity contribution in [3.63, 3.8) is 0 Å². The van der Waals surface area contributed by atoms with Gasteiger partial charge in [-0.15, -0.1) is 0 Å². The van der Waals surface area contributed by atoms with E-state index in [1.807, 2.05) is 0 Å². The summed E-state index contributed by atoms with van der Waals surface area (Å²) in [6.07, 6.45) is -1.03. The van der Waals surface area contributed by atoms with Crippen molar-refractivity contribution in [2.45, 2.75) is 99.3 Å². The van der Waals surface area contributed by atoms with Gasteiger partial charge in [-0.1, -0.05) is 18.2 Å². The Morgan fingerprint density at radius 3 is 1.54 bits per heavy atom. The fourth-order valence-electron chi connectivity index (χ4n) is 7.23. The summed E-state index contributed by atoms with van der Waals surface area (Å²) < 4.78 is 0. The first-order valence-corrected chi connectivity index (χ1v) is 26.2. The molecule has 0 aliphatic rings. The molecule has 2 aromatic rings. The highest BCUT2D eigenvalue weighted by Gasteiger charge is 2.34. The summed E-state index contributed by atoms with van der Waals surface area (Å²) in [5.41, 5.74) is 33.0. The first kappa shape index (κ1) is 70.3. The first-order valence-electron chi connectivity index (χ1n) is 25.0. The zero-order valence-electron chi connectivity index (χ0n) is 44.3. The third-order valence-electron chi connectivity index (χ3n) is 11.6. The van der Waals surface area contributed by atoms with Crippen molar-refractivity contribution in [3.05, 3.63) is 36.0 Å². The van der Waals surface area contributed by atoms with Crippen molar-refractivity contribution in [2.24, 2.45) is 39.4 Å². The van der Waals surface area contributed by atoms with Gasteiger partial charge in [0, 0.05) is 48.0 Å². The highest BCUT2D eigenvalue weighted by Crippen LogP contribution is 2.19. The number of para-hydroxylation sites is 1. The number of hydrogen-bond acceptors (Lipinski definition) is 20. The molecular formula is C46H70N18O17S2. The number of aliphatic imine (C=N–C) groups is 1. The molecule has 0 saturated heterocycles. The summed E-state index contributed by atoms with van der Waals surface area (Å²) in [7, 11) is 0. The highest BCUT2D eigenvalue weighted by molar-refractivity contribution is 7.80. The Morgan fingerprint density at radius 2 is 1.00 bits per heavy atom. The third kappa shape index (κ3) is 25.3. The molecule has 0 saturated carbocycles. The van der Waals surface area contributed by atoms with Crippen LogP contribution in [0.1, 0.15) is 44.1 Å². The minimum atomic E-state index is -1.83. The van der Waals surface area contributed by atoms with Gasteiger partial charge < -0.3 is 108 Å². The summed E-state index contributed by atoms with van der Waals surface area (Å²) in [5, 5.41) is 52.6. The summed E-state index contributed by atoms with van der Waals surface area (Å²) in [6.45, 7) is -3.90. The van der Waals surface area contributed by atoms with Gasteiger partial charge in [-0.3, -0.25) is 67.3 Å². The third-order valence-corrected chi connectivity index (χ3v) is 12.3. The van der Waals surface area contributed by atoms with E-state index >= 15 is 0 Å². The van der Waals surface area contributed by atoms with Crippen LogP contribution in [0, 0.1) is 0 Å². The van der Waals surface area contributed by atoms with Crippen LogP contribution in [0.2, 0.25) is 0 Å². The predicted octanol–water partition coefficient (Wildman–Crippen LogP) is -10.9. The Bertz CT molecular complexity index is 2710. The summed E-state index contributed by atoms with van der Waals surface area (Å²) in [6, 6.07) is -7.57. The lowest BCUT2D eigenvalue weighted by Gasteiger charge is -2.25. The largest absolute Gasteiger partial charge is 0.480 e. The molecule has 1 heterocycles. The molecule has 0 aliphatic heterocycles. The van der Waals surface area contributed by atoms with Gasteiger partial charge >= 0.3 is 5.97 Å². The Hall–Kier alpha value is -8.81. The second-order valence-electron chi connectivity index (χ2n) is 18.1. The Balaban J connectivity index is 2.07. The number of aromatic nitrogens is 1. The van der Waals surface area contributed by atoms with Gasteiger partial charge in [0.25, 0.3) is 0 Å². The Labute approximate surface area is 483 Å². The van der Waals surface area contributed by atoms with E-state index in [1.54, 1.807) is 30.5 Å². The zero-order chi connectivity index (χ0) is 62.5. The number of guanidine groups is 1. The summed E-state index contributed by atoms with van der Waals surface area (Å²) in [5.74, 6) is -16.2. The van der Waals surface area contributed by atoms with Gasteiger partial charge in [-0.25, -0.2) is 4.79 Å². The highest BCUT2D eigenvalue weighted by atomic mass is 32.1. The first-order chi connectivity index (χ1) is 39.1. The molecule has 2 rings (SSSR count). The van der Waals surface area contributed by atoms with E-state index in [0.717, 1.165) is 0 Å². The summed E-state index contributed by atoms with van der Waals surface area (Å²) >= 11 is 8.18. The number of amides is 13. The van der Waals surface area contributed by atoms with Crippen molar-refractivity contribution < 1.29 is 82.4 Å². The molecule has 0 spiro atoms. The number of aliphatic carboxylic acids is 1. The van der Waals surface area contributed by atoms with Crippen LogP contribution >= 0.6 is 25.3 Å². The number of aromatic amines is 1. The SMILES string of the molecule is NC(=O)CC[C@H](NC(=O)[C@H](CO)NC(=O)[C@H](CS)NC(=O)[C@H](CCCN=C(N)N)NC(=O)[C@@H](N)CC(N)=O)C(=O)NCC(=O)NCC(=O)N[C@@H](CO)C(=O)N[C@@H](CS)C(=O)N[C@@H](Cc1c[nH]c2ccccc12)C(=O)N[C@@H](CC(N)=O)C(=O)O. The number of fused-ring (bicyclic) bond motifs is 1. The van der Waals surface area contributed by atoms with E-state index in [2.05, 4.69) is 88.4 Å². The van der Waals surface area contributed by atoms with E-state index in [1.165, 1.54) is 0 Å². The zero-order valence-corrected chi connectivity index (χ0v) is 46.1. The number of primary amides is 3. The topological polar surface area (TPSA) is 604 Å². The second kappa shape index (κ2) is 35.8. The van der Waals surface area contributed by atoms with Crippen LogP contribution in [0.4, 0.5) is 0 Å². The summed E-state index contributed by atoms with van der Waals surface area (Å²) in [4.78, 5) is 185. The smallest absolute Gasteiger partial charge is 0.326 e. The molecule has 35 nitrogen and oxygen atoms in total. The number of carboxylic acid groups (broad SMARTS) is 1. The molecule has 0 radical (unpaired) electrons. The van der Waals surface area contributed by atoms with Crippen molar-refractivity contribution in [1.82, 2.24) is 58.2 Å². The molecule has 13 amide bonds. The van der Waals surface area contributed by atoms with Crippen LogP contribution in [0.5, 0.6) is 0 Å². The second-order valence-corrected chi connectivity index (χ2v) is 18.8. The van der Waals surface area contributed by atoms with E-state index in [-0.39, 0.29) is 31.8 Å². The Morgan fingerprint density at radius 1 is 0.530 bits per heavy atom. The molecule has 0 bridgehead atoms. The van der Waals surface area contributed by atoms with Crippen LogP contribution in [0.3, 0.4) is 0 Å². The van der Waals surface area contributed by atoms with Crippen molar-refractivity contribution in [3.8, 4) is 0 Å². The van der Waals surface area contributed by atoms with Crippen molar-refractivity contribution in [2.75, 3.05) is 44.4 Å². The van der Waals surface area contributed by atoms with E-state index in [9.17, 15) is 82.4 Å². The lowest BCUT2D eigenvalue weighted by molar-refractivity contribution is -0.143. The minimum absolute atomic E-state index is 0.0153. The number of nitrogens with one attached hydrogen (secondary N) is 11. The maximum Gasteiger partial charge on any atom is 0.326 e. The number of nitrogens with zero attached hydrogens (tertiary/aromatic N) is 1. The molecule has 26 N–H and O–H groups in total. The monoisotopic (exact) mass is 1210 g/mol. The van der Waals surface area contributed by atoms with Crippen LogP contribution < -0.4 is 87.6 Å². The van der Waals surface area contributed by atoms with Crippen LogP contribution in [0.15, 0.2) is 35.5 Å². The molecule has 0 unspecified atom stereocenters. The van der Waals surface area contributed by atoms with Crippen LogP contribution in [-0.4, -0.2) is 208 Å². The maximum atomic E-state index is 13.6. The Kier molecular flexibility index (Phi) is 30.3. The number of carbonyl (C=O) groups excluding carboxylic acids is 13. The normalized spacial score (nSPS) is 14.1. The van der Waals surface area contributed by atoms with Crippen molar-refractivity contribution in [1.29, 1.82) is 0 Å². The fourth-order valence-corrected chi connectivity index (χ4v) is 7.75.